The number of carbonyl (C=O) groups is 3. The summed E-state index contributed by atoms with van der Waals surface area (Å²) in [7, 11) is 3.56. The Morgan fingerprint density at radius 2 is 1.67 bits per heavy atom. The number of amides is 1. The van der Waals surface area contributed by atoms with Crippen LogP contribution in [0.1, 0.15) is 33.0 Å². The van der Waals surface area contributed by atoms with E-state index in [1.54, 1.807) is 43.3 Å². The zero-order valence-corrected chi connectivity index (χ0v) is 19.3. The largest absolute Gasteiger partial charge is 0.478 e. The molecule has 0 saturated carbocycles. The molecule has 3 aromatic rings. The second-order valence-electron chi connectivity index (χ2n) is 7.31. The maximum atomic E-state index is 13.2. The van der Waals surface area contributed by atoms with Gasteiger partial charge in [0.05, 0.1) is 28.6 Å². The van der Waals surface area contributed by atoms with Crippen molar-refractivity contribution in [3.05, 3.63) is 81.7 Å². The van der Waals surface area contributed by atoms with Crippen LogP contribution in [0.5, 0.6) is 0 Å². The molecule has 0 aliphatic carbocycles. The minimum atomic E-state index is -1.09. The summed E-state index contributed by atoms with van der Waals surface area (Å²) in [6, 6.07) is 12.4. The number of carbonyl (C=O) groups excluding carboxylic acids is 2. The molecule has 2 aromatic carbocycles. The summed E-state index contributed by atoms with van der Waals surface area (Å²) < 4.78 is 0. The predicted molar refractivity (Wildman–Crippen MR) is 126 cm³/mol. The van der Waals surface area contributed by atoms with Gasteiger partial charge in [-0.05, 0) is 48.0 Å². The molecule has 0 aliphatic heterocycles. The highest BCUT2D eigenvalue weighted by Crippen LogP contribution is 2.25. The molecule has 3 rings (SSSR count). The van der Waals surface area contributed by atoms with E-state index in [0.717, 1.165) is 0 Å². The van der Waals surface area contributed by atoms with Gasteiger partial charge in [-0.2, -0.15) is 0 Å². The Labute approximate surface area is 200 Å². The maximum Gasteiger partial charge on any atom is 0.335 e. The zero-order valence-electron chi connectivity index (χ0n) is 17.8. The van der Waals surface area contributed by atoms with E-state index >= 15 is 0 Å². The number of Topliss-reactive ketones (excluding diaryl/α,β-unsaturated/α-hetero) is 1. The van der Waals surface area contributed by atoms with Crippen molar-refractivity contribution < 1.29 is 19.5 Å². The number of ketones is 1. The first-order valence-corrected chi connectivity index (χ1v) is 10.5. The van der Waals surface area contributed by atoms with Gasteiger partial charge in [0.2, 0.25) is 11.7 Å². The Morgan fingerprint density at radius 3 is 2.27 bits per heavy atom. The molecule has 0 unspecified atom stereocenters. The molecule has 0 aliphatic rings. The van der Waals surface area contributed by atoms with E-state index in [9.17, 15) is 14.4 Å². The summed E-state index contributed by atoms with van der Waals surface area (Å²) in [5.41, 5.74) is 1.18. The lowest BCUT2D eigenvalue weighted by atomic mass is 10.1. The van der Waals surface area contributed by atoms with E-state index in [1.807, 2.05) is 0 Å². The van der Waals surface area contributed by atoms with Gasteiger partial charge in [-0.1, -0.05) is 29.3 Å². The molecule has 1 N–H and O–H groups in total. The van der Waals surface area contributed by atoms with Gasteiger partial charge in [-0.3, -0.25) is 9.59 Å². The van der Waals surface area contributed by atoms with E-state index in [1.165, 1.54) is 35.4 Å². The monoisotopic (exact) mass is 486 g/mol. The van der Waals surface area contributed by atoms with Crippen LogP contribution >= 0.6 is 23.2 Å². The summed E-state index contributed by atoms with van der Waals surface area (Å²) in [5.74, 6) is -1.65. The van der Waals surface area contributed by atoms with Crippen LogP contribution in [0, 0.1) is 0 Å². The van der Waals surface area contributed by atoms with E-state index < -0.39 is 24.1 Å². The smallest absolute Gasteiger partial charge is 0.335 e. The molecule has 0 fully saturated rings. The number of hydrogen-bond acceptors (Lipinski definition) is 6. The summed E-state index contributed by atoms with van der Waals surface area (Å²) >= 11 is 12.1. The number of carboxylic acids is 1. The van der Waals surface area contributed by atoms with Crippen LogP contribution in [0.4, 0.5) is 11.5 Å². The molecule has 0 saturated heterocycles. The molecule has 0 spiro atoms. The third-order valence-electron chi connectivity index (χ3n) is 4.71. The predicted octanol–water partition coefficient (Wildman–Crippen LogP) is 4.35. The topological polar surface area (TPSA) is 104 Å². The van der Waals surface area contributed by atoms with Crippen molar-refractivity contribution in [1.29, 1.82) is 0 Å². The first kappa shape index (κ1) is 24.2. The molecule has 170 valence electrons. The number of rotatable bonds is 8. The first-order chi connectivity index (χ1) is 15.7. The van der Waals surface area contributed by atoms with Crippen LogP contribution in [0.2, 0.25) is 10.0 Å². The summed E-state index contributed by atoms with van der Waals surface area (Å²) in [6.45, 7) is 0.0913. The number of carboxylic acid groups (broad SMARTS) is 1. The second-order valence-corrected chi connectivity index (χ2v) is 8.13. The van der Waals surface area contributed by atoms with Crippen molar-refractivity contribution >= 4 is 52.4 Å². The second kappa shape index (κ2) is 10.4. The van der Waals surface area contributed by atoms with Crippen LogP contribution in [0.3, 0.4) is 0 Å². The highest BCUT2D eigenvalue weighted by atomic mass is 35.5. The summed E-state index contributed by atoms with van der Waals surface area (Å²) in [4.78, 5) is 48.4. The van der Waals surface area contributed by atoms with Crippen molar-refractivity contribution in [3.8, 4) is 0 Å². The molecule has 0 bridgehead atoms. The lowest BCUT2D eigenvalue weighted by Crippen LogP contribution is -2.32. The first-order valence-electron chi connectivity index (χ1n) is 9.77. The lowest BCUT2D eigenvalue weighted by molar-refractivity contribution is -0.117. The van der Waals surface area contributed by atoms with Crippen molar-refractivity contribution in [2.75, 3.05) is 23.9 Å². The standard InChI is InChI=1S/C23H20Cl2N4O4/c1-28(2)20-9-10-26-22(27-20)19(30)12-21(31)29(13-14-3-8-17(24)18(25)11-14)16-6-4-15(5-7-16)23(32)33/h3-11H,12-13H2,1-2H3,(H,32,33). The molecule has 1 amide bonds. The van der Waals surface area contributed by atoms with Gasteiger partial charge in [0.25, 0.3) is 0 Å². The van der Waals surface area contributed by atoms with Crippen LogP contribution < -0.4 is 9.80 Å². The third kappa shape index (κ3) is 6.06. The molecule has 1 heterocycles. The highest BCUT2D eigenvalue weighted by molar-refractivity contribution is 6.42. The number of anilines is 2. The van der Waals surface area contributed by atoms with E-state index in [4.69, 9.17) is 28.3 Å². The van der Waals surface area contributed by atoms with Crippen LogP contribution in [-0.4, -0.2) is 46.8 Å². The molecular weight excluding hydrogens is 467 g/mol. The van der Waals surface area contributed by atoms with Crippen molar-refractivity contribution in [2.24, 2.45) is 0 Å². The van der Waals surface area contributed by atoms with Gasteiger partial charge in [0, 0.05) is 26.0 Å². The van der Waals surface area contributed by atoms with E-state index in [2.05, 4.69) is 9.97 Å². The average Bonchev–Trinajstić information content (AvgIpc) is 2.79. The maximum absolute atomic E-state index is 13.2. The van der Waals surface area contributed by atoms with Gasteiger partial charge in [-0.25, -0.2) is 14.8 Å². The Kier molecular flexibility index (Phi) is 7.63. The summed E-state index contributed by atoms with van der Waals surface area (Å²) in [6.07, 6.45) is 0.983. The van der Waals surface area contributed by atoms with Crippen molar-refractivity contribution in [3.63, 3.8) is 0 Å². The van der Waals surface area contributed by atoms with Crippen LogP contribution in [0.25, 0.3) is 0 Å². The fraction of sp³-hybridized carbons (Fsp3) is 0.174. The van der Waals surface area contributed by atoms with E-state index in [0.29, 0.717) is 27.1 Å². The third-order valence-corrected chi connectivity index (χ3v) is 5.45. The van der Waals surface area contributed by atoms with Gasteiger partial charge in [0.15, 0.2) is 5.82 Å². The normalized spacial score (nSPS) is 10.5. The number of hydrogen-bond donors (Lipinski definition) is 1. The Hall–Kier alpha value is -3.49. The molecule has 33 heavy (non-hydrogen) atoms. The van der Waals surface area contributed by atoms with Crippen LogP contribution in [-0.2, 0) is 11.3 Å². The van der Waals surface area contributed by atoms with Gasteiger partial charge < -0.3 is 14.9 Å². The Bertz CT molecular complexity index is 1200. The van der Waals surface area contributed by atoms with Crippen molar-refractivity contribution in [1.82, 2.24) is 9.97 Å². The number of benzene rings is 2. The fourth-order valence-corrected chi connectivity index (χ4v) is 3.29. The Morgan fingerprint density at radius 1 is 0.970 bits per heavy atom. The SMILES string of the molecule is CN(C)c1ccnc(C(=O)CC(=O)N(Cc2ccc(Cl)c(Cl)c2)c2ccc(C(=O)O)cc2)n1. The molecule has 10 heteroatoms. The fourth-order valence-electron chi connectivity index (χ4n) is 2.97. The number of aromatic carboxylic acids is 1. The molecule has 0 radical (unpaired) electrons. The number of halogens is 2. The lowest BCUT2D eigenvalue weighted by Gasteiger charge is -2.23. The molecular formula is C23H20Cl2N4O4. The van der Waals surface area contributed by atoms with Crippen molar-refractivity contribution in [2.45, 2.75) is 13.0 Å². The van der Waals surface area contributed by atoms with Crippen LogP contribution in [0.15, 0.2) is 54.7 Å². The van der Waals surface area contributed by atoms with Gasteiger partial charge in [0.1, 0.15) is 5.82 Å². The van der Waals surface area contributed by atoms with Gasteiger partial charge in [-0.15, -0.1) is 0 Å². The quantitative estimate of drug-likeness (QED) is 0.372. The highest BCUT2D eigenvalue weighted by Gasteiger charge is 2.23. The molecule has 0 atom stereocenters. The average molecular weight is 487 g/mol. The molecule has 1 aromatic heterocycles. The molecule has 8 nitrogen and oxygen atoms in total. The Balaban J connectivity index is 1.89. The zero-order chi connectivity index (χ0) is 24.1. The minimum absolute atomic E-state index is 0.0646. The number of nitrogens with zero attached hydrogens (tertiary/aromatic N) is 4. The van der Waals surface area contributed by atoms with E-state index in [-0.39, 0.29) is 17.9 Å². The van der Waals surface area contributed by atoms with Gasteiger partial charge >= 0.3 is 5.97 Å². The summed E-state index contributed by atoms with van der Waals surface area (Å²) in [5, 5.41) is 9.85. The minimum Gasteiger partial charge on any atom is -0.478 e. The number of aromatic nitrogens is 2.